The number of hydrogen-bond donors (Lipinski definition) is 2. The summed E-state index contributed by atoms with van der Waals surface area (Å²) in [6, 6.07) is 7.50. The second-order valence-corrected chi connectivity index (χ2v) is 7.96. The Balaban J connectivity index is 2.53. The van der Waals surface area contributed by atoms with Gasteiger partial charge in [0, 0.05) is 30.7 Å². The molecule has 5 nitrogen and oxygen atoms in total. The van der Waals surface area contributed by atoms with Crippen LogP contribution in [0.4, 0.5) is 5.69 Å². The third kappa shape index (κ3) is 7.36. The van der Waals surface area contributed by atoms with Gasteiger partial charge in [-0.05, 0) is 58.4 Å². The molecule has 0 fully saturated rings. The summed E-state index contributed by atoms with van der Waals surface area (Å²) < 4.78 is 5.40. The second kappa shape index (κ2) is 9.08. The molecule has 2 atom stereocenters. The number of rotatable bonds is 8. The predicted molar refractivity (Wildman–Crippen MR) is 99.4 cm³/mol. The van der Waals surface area contributed by atoms with Crippen LogP contribution >= 0.6 is 11.8 Å². The van der Waals surface area contributed by atoms with E-state index in [4.69, 9.17) is 4.74 Å². The first kappa shape index (κ1) is 20.5. The molecule has 1 rings (SSSR count). The Kier molecular flexibility index (Phi) is 7.76. The van der Waals surface area contributed by atoms with E-state index in [-0.39, 0.29) is 28.7 Å². The van der Waals surface area contributed by atoms with Crippen molar-refractivity contribution in [1.29, 1.82) is 0 Å². The first-order valence-corrected chi connectivity index (χ1v) is 8.91. The van der Waals surface area contributed by atoms with E-state index in [2.05, 4.69) is 10.6 Å². The van der Waals surface area contributed by atoms with E-state index in [0.717, 1.165) is 17.0 Å². The highest BCUT2D eigenvalue weighted by atomic mass is 32.2. The van der Waals surface area contributed by atoms with Crippen LogP contribution in [0, 0.1) is 0 Å². The van der Waals surface area contributed by atoms with Crippen molar-refractivity contribution < 1.29 is 14.3 Å². The van der Waals surface area contributed by atoms with Gasteiger partial charge in [-0.2, -0.15) is 0 Å². The molecule has 0 bridgehead atoms. The van der Waals surface area contributed by atoms with E-state index in [1.165, 1.54) is 18.7 Å². The van der Waals surface area contributed by atoms with Crippen molar-refractivity contribution in [3.8, 4) is 0 Å². The molecule has 24 heavy (non-hydrogen) atoms. The van der Waals surface area contributed by atoms with Gasteiger partial charge in [0.25, 0.3) is 0 Å². The molecule has 0 radical (unpaired) electrons. The van der Waals surface area contributed by atoms with E-state index in [1.54, 1.807) is 7.11 Å². The summed E-state index contributed by atoms with van der Waals surface area (Å²) in [6.07, 6.45) is 0.748. The second-order valence-electron chi connectivity index (χ2n) is 6.54. The molecule has 2 amide bonds. The number of carbonyl (C=O) groups is 2. The van der Waals surface area contributed by atoms with Gasteiger partial charge in [0.15, 0.2) is 0 Å². The number of amides is 2. The molecule has 0 aromatic heterocycles. The van der Waals surface area contributed by atoms with Crippen LogP contribution in [0.5, 0.6) is 0 Å². The molecule has 2 unspecified atom stereocenters. The highest BCUT2D eigenvalue weighted by molar-refractivity contribution is 8.00. The maximum atomic E-state index is 12.3. The molecule has 2 N–H and O–H groups in total. The molecule has 134 valence electrons. The number of thioether (sulfide) groups is 1. The molecule has 0 aliphatic heterocycles. The fraction of sp³-hybridized carbons (Fsp3) is 0.556. The average molecular weight is 353 g/mol. The quantitative estimate of drug-likeness (QED) is 0.703. The van der Waals surface area contributed by atoms with Crippen LogP contribution in [0.15, 0.2) is 29.2 Å². The summed E-state index contributed by atoms with van der Waals surface area (Å²) in [5, 5.41) is 5.55. The van der Waals surface area contributed by atoms with E-state index in [9.17, 15) is 9.59 Å². The Morgan fingerprint density at radius 1 is 1.21 bits per heavy atom. The lowest BCUT2D eigenvalue weighted by atomic mass is 10.00. The molecule has 0 heterocycles. The van der Waals surface area contributed by atoms with Gasteiger partial charge < -0.3 is 15.4 Å². The molecule has 0 spiro atoms. The van der Waals surface area contributed by atoms with Crippen molar-refractivity contribution in [2.75, 3.05) is 12.4 Å². The monoisotopic (exact) mass is 352 g/mol. The predicted octanol–water partition coefficient (Wildman–Crippen LogP) is 3.45. The van der Waals surface area contributed by atoms with Crippen molar-refractivity contribution in [3.05, 3.63) is 24.3 Å². The van der Waals surface area contributed by atoms with Gasteiger partial charge in [-0.3, -0.25) is 9.59 Å². The van der Waals surface area contributed by atoms with Crippen molar-refractivity contribution in [2.24, 2.45) is 0 Å². The Hall–Kier alpha value is -1.53. The van der Waals surface area contributed by atoms with Gasteiger partial charge in [0.05, 0.1) is 10.9 Å². The number of hydrogen-bond acceptors (Lipinski definition) is 4. The maximum absolute atomic E-state index is 12.3. The molecular weight excluding hydrogens is 324 g/mol. The van der Waals surface area contributed by atoms with Gasteiger partial charge in [-0.15, -0.1) is 11.8 Å². The summed E-state index contributed by atoms with van der Waals surface area (Å²) in [5.41, 5.74) is 0.488. The molecule has 0 saturated carbocycles. The summed E-state index contributed by atoms with van der Waals surface area (Å²) in [4.78, 5) is 24.3. The van der Waals surface area contributed by atoms with Gasteiger partial charge in [-0.1, -0.05) is 0 Å². The van der Waals surface area contributed by atoms with Crippen LogP contribution in [0.3, 0.4) is 0 Å². The zero-order valence-electron chi connectivity index (χ0n) is 15.3. The minimum atomic E-state index is -0.261. The smallest absolute Gasteiger partial charge is 0.233 e. The summed E-state index contributed by atoms with van der Waals surface area (Å²) >= 11 is 1.49. The standard InChI is InChI=1S/C18H28N2O3S/c1-12(11-18(4,5)23-6)19-17(22)13(2)24-16-9-7-15(8-10-16)20-14(3)21/h7-10,12-13H,11H2,1-6H3,(H,19,22)(H,20,21). The average Bonchev–Trinajstić information content (AvgIpc) is 2.48. The minimum Gasteiger partial charge on any atom is -0.379 e. The van der Waals surface area contributed by atoms with Crippen LogP contribution in [-0.4, -0.2) is 35.8 Å². The van der Waals surface area contributed by atoms with Crippen LogP contribution in [-0.2, 0) is 14.3 Å². The molecule has 0 aliphatic carbocycles. The van der Waals surface area contributed by atoms with Crippen molar-refractivity contribution in [2.45, 2.75) is 62.8 Å². The van der Waals surface area contributed by atoms with E-state index >= 15 is 0 Å². The lowest BCUT2D eigenvalue weighted by Crippen LogP contribution is -2.41. The number of ether oxygens (including phenoxy) is 1. The summed E-state index contributed by atoms with van der Waals surface area (Å²) in [5.74, 6) is -0.0959. The number of anilines is 1. The van der Waals surface area contributed by atoms with E-state index < -0.39 is 0 Å². The van der Waals surface area contributed by atoms with E-state index in [0.29, 0.717) is 0 Å². The topological polar surface area (TPSA) is 67.4 Å². The number of benzene rings is 1. The van der Waals surface area contributed by atoms with E-state index in [1.807, 2.05) is 52.0 Å². The van der Waals surface area contributed by atoms with Gasteiger partial charge in [0.2, 0.25) is 11.8 Å². The Labute approximate surface area is 148 Å². The number of methoxy groups -OCH3 is 1. The van der Waals surface area contributed by atoms with Crippen molar-refractivity contribution in [1.82, 2.24) is 5.32 Å². The SMILES string of the molecule is COC(C)(C)CC(C)NC(=O)C(C)Sc1ccc(NC(C)=O)cc1. The van der Waals surface area contributed by atoms with Crippen LogP contribution in [0.1, 0.15) is 41.0 Å². The first-order chi connectivity index (χ1) is 11.1. The lowest BCUT2D eigenvalue weighted by molar-refractivity contribution is -0.121. The lowest BCUT2D eigenvalue weighted by Gasteiger charge is -2.27. The largest absolute Gasteiger partial charge is 0.379 e. The normalized spacial score (nSPS) is 13.9. The number of nitrogens with one attached hydrogen (secondary N) is 2. The molecule has 1 aromatic rings. The highest BCUT2D eigenvalue weighted by Gasteiger charge is 2.23. The molecule has 1 aromatic carbocycles. The third-order valence-corrected chi connectivity index (χ3v) is 4.71. The molecular formula is C18H28N2O3S. The van der Waals surface area contributed by atoms with Crippen LogP contribution in [0.25, 0.3) is 0 Å². The van der Waals surface area contributed by atoms with Gasteiger partial charge >= 0.3 is 0 Å². The molecule has 0 aliphatic rings. The first-order valence-electron chi connectivity index (χ1n) is 8.03. The third-order valence-electron chi connectivity index (χ3n) is 3.60. The fourth-order valence-electron chi connectivity index (χ4n) is 2.31. The van der Waals surface area contributed by atoms with Gasteiger partial charge in [0.1, 0.15) is 0 Å². The zero-order valence-corrected chi connectivity index (χ0v) is 16.1. The zero-order chi connectivity index (χ0) is 18.3. The molecule has 6 heteroatoms. The minimum absolute atomic E-state index is 0.00494. The molecule has 0 saturated heterocycles. The van der Waals surface area contributed by atoms with Gasteiger partial charge in [-0.25, -0.2) is 0 Å². The van der Waals surface area contributed by atoms with Crippen molar-refractivity contribution in [3.63, 3.8) is 0 Å². The Bertz CT molecular complexity index is 558. The highest BCUT2D eigenvalue weighted by Crippen LogP contribution is 2.25. The number of carbonyl (C=O) groups excluding carboxylic acids is 2. The summed E-state index contributed by atoms with van der Waals surface area (Å²) in [7, 11) is 1.68. The maximum Gasteiger partial charge on any atom is 0.233 e. The Morgan fingerprint density at radius 2 is 1.79 bits per heavy atom. The summed E-state index contributed by atoms with van der Waals surface area (Å²) in [6.45, 7) is 9.35. The van der Waals surface area contributed by atoms with Crippen LogP contribution < -0.4 is 10.6 Å². The van der Waals surface area contributed by atoms with Crippen LogP contribution in [0.2, 0.25) is 0 Å². The fourth-order valence-corrected chi connectivity index (χ4v) is 3.19. The Morgan fingerprint density at radius 3 is 2.29 bits per heavy atom. The van der Waals surface area contributed by atoms with Crippen molar-refractivity contribution >= 4 is 29.3 Å².